The quantitative estimate of drug-likeness (QED) is 0.315. The molecule has 0 aliphatic carbocycles. The lowest BCUT2D eigenvalue weighted by atomic mass is 10.1. The van der Waals surface area contributed by atoms with E-state index in [1.807, 2.05) is 39.8 Å². The topological polar surface area (TPSA) is 64.9 Å². The van der Waals surface area contributed by atoms with Crippen LogP contribution in [-0.4, -0.2) is 16.7 Å². The molecule has 0 aromatic heterocycles. The monoisotopic (exact) mass is 479 g/mol. The number of aryl methyl sites for hydroxylation is 2. The Bertz CT molecular complexity index is 1370. The third-order valence-electron chi connectivity index (χ3n) is 5.46. The molecule has 180 valence electrons. The molecule has 3 aromatic carbocycles. The molecule has 0 unspecified atom stereocenters. The number of rotatable bonds is 4. The summed E-state index contributed by atoms with van der Waals surface area (Å²) in [7, 11) is 0. The Hall–Kier alpha value is -4.07. The molecule has 2 N–H and O–H groups in total. The van der Waals surface area contributed by atoms with Gasteiger partial charge in [0, 0.05) is 11.3 Å². The number of anilines is 3. The molecule has 0 spiro atoms. The van der Waals surface area contributed by atoms with Crippen LogP contribution in [0.5, 0.6) is 5.75 Å². The lowest BCUT2D eigenvalue weighted by Crippen LogP contribution is -2.26. The van der Waals surface area contributed by atoms with E-state index in [4.69, 9.17) is 0 Å². The minimum absolute atomic E-state index is 0.0549. The fraction of sp³-hybridized carbons (Fsp3) is 0.185. The number of hydrazone groups is 1. The first kappa shape index (κ1) is 24.1. The van der Waals surface area contributed by atoms with Crippen molar-refractivity contribution in [3.05, 3.63) is 88.0 Å². The van der Waals surface area contributed by atoms with Gasteiger partial charge in [0.2, 0.25) is 0 Å². The number of carbonyl (C=O) groups excluding carboxylic acids is 1. The molecule has 1 amide bonds. The van der Waals surface area contributed by atoms with Crippen molar-refractivity contribution in [1.29, 1.82) is 0 Å². The van der Waals surface area contributed by atoms with Gasteiger partial charge in [0.25, 0.3) is 5.91 Å². The van der Waals surface area contributed by atoms with E-state index in [9.17, 15) is 23.1 Å². The lowest BCUT2D eigenvalue weighted by Gasteiger charge is -2.19. The number of amides is 1. The molecule has 0 radical (unpaired) electrons. The second-order valence-corrected chi connectivity index (χ2v) is 8.79. The van der Waals surface area contributed by atoms with Gasteiger partial charge in [-0.05, 0) is 86.8 Å². The van der Waals surface area contributed by atoms with E-state index in [1.54, 1.807) is 30.3 Å². The summed E-state index contributed by atoms with van der Waals surface area (Å²) in [6.07, 6.45) is -2.67. The van der Waals surface area contributed by atoms with Crippen molar-refractivity contribution in [1.82, 2.24) is 0 Å². The number of aromatic hydroxyl groups is 1. The molecule has 35 heavy (non-hydrogen) atoms. The third kappa shape index (κ3) is 4.91. The zero-order valence-corrected chi connectivity index (χ0v) is 19.7. The van der Waals surface area contributed by atoms with Crippen molar-refractivity contribution in [3.8, 4) is 5.75 Å². The van der Waals surface area contributed by atoms with E-state index in [0.29, 0.717) is 5.69 Å². The molecule has 0 saturated heterocycles. The zero-order valence-electron chi connectivity index (χ0n) is 19.7. The summed E-state index contributed by atoms with van der Waals surface area (Å²) in [6, 6.07) is 13.5. The van der Waals surface area contributed by atoms with E-state index in [1.165, 1.54) is 11.0 Å². The van der Waals surface area contributed by atoms with E-state index >= 15 is 0 Å². The average Bonchev–Trinajstić information content (AvgIpc) is 3.02. The fourth-order valence-corrected chi connectivity index (χ4v) is 4.05. The van der Waals surface area contributed by atoms with Gasteiger partial charge >= 0.3 is 6.18 Å². The summed E-state index contributed by atoms with van der Waals surface area (Å²) in [6.45, 7) is 7.57. The number of hydrogen-bond donors (Lipinski definition) is 2. The summed E-state index contributed by atoms with van der Waals surface area (Å²) < 4.78 is 40.4. The molecule has 4 rings (SSSR count). The van der Waals surface area contributed by atoms with Crippen LogP contribution in [0.2, 0.25) is 0 Å². The summed E-state index contributed by atoms with van der Waals surface area (Å²) >= 11 is 0. The Kier molecular flexibility index (Phi) is 6.15. The van der Waals surface area contributed by atoms with Gasteiger partial charge in [0.05, 0.1) is 16.9 Å². The number of hydrogen-bond acceptors (Lipinski definition) is 4. The Morgan fingerprint density at radius 3 is 2.29 bits per heavy atom. The van der Waals surface area contributed by atoms with Crippen LogP contribution in [0, 0.1) is 13.8 Å². The molecule has 0 saturated carbocycles. The molecule has 1 aliphatic rings. The third-order valence-corrected chi connectivity index (χ3v) is 5.46. The summed E-state index contributed by atoms with van der Waals surface area (Å²) in [5, 5.41) is 14.6. The van der Waals surface area contributed by atoms with Crippen LogP contribution < -0.4 is 10.3 Å². The minimum Gasteiger partial charge on any atom is -0.506 e. The standard InChI is InChI=1S/C27H24F3N3O2/c1-15(2)9-18-5-8-22(24(34)13-18)31-32-25-21-7-6-19(27(28,29)30)14-23(21)33(26(25)35)20-11-16(3)10-17(4)12-20/h5-14,31,34H,1-4H3/b32-25-. The van der Waals surface area contributed by atoms with Gasteiger partial charge < -0.3 is 5.11 Å². The molecule has 1 heterocycles. The SMILES string of the molecule is CC(C)=Cc1ccc(N/N=C2\C(=O)N(c3cc(C)cc(C)c3)c3cc(C(F)(F)F)ccc32)c(O)c1. The number of carbonyl (C=O) groups is 1. The van der Waals surface area contributed by atoms with Gasteiger partial charge in [-0.2, -0.15) is 18.3 Å². The molecular weight excluding hydrogens is 455 g/mol. The number of phenols is 1. The summed E-state index contributed by atoms with van der Waals surface area (Å²) in [4.78, 5) is 14.7. The Balaban J connectivity index is 1.79. The second-order valence-electron chi connectivity index (χ2n) is 8.79. The van der Waals surface area contributed by atoms with Crippen molar-refractivity contribution in [2.75, 3.05) is 10.3 Å². The Labute approximate surface area is 201 Å². The van der Waals surface area contributed by atoms with Crippen LogP contribution in [0.25, 0.3) is 6.08 Å². The lowest BCUT2D eigenvalue weighted by molar-refractivity contribution is -0.137. The first-order valence-corrected chi connectivity index (χ1v) is 10.9. The van der Waals surface area contributed by atoms with Gasteiger partial charge in [-0.15, -0.1) is 0 Å². The number of halogens is 3. The van der Waals surface area contributed by atoms with Crippen molar-refractivity contribution in [3.63, 3.8) is 0 Å². The maximum atomic E-state index is 13.5. The molecule has 3 aromatic rings. The van der Waals surface area contributed by atoms with Crippen molar-refractivity contribution >= 4 is 34.8 Å². The van der Waals surface area contributed by atoms with Gasteiger partial charge in [-0.3, -0.25) is 15.1 Å². The second kappa shape index (κ2) is 8.94. The number of phenolic OH excluding ortho intramolecular Hbond substituents is 1. The van der Waals surface area contributed by atoms with Crippen LogP contribution in [-0.2, 0) is 11.0 Å². The molecule has 0 bridgehead atoms. The molecule has 1 aliphatic heterocycles. The van der Waals surface area contributed by atoms with Crippen molar-refractivity contribution < 1.29 is 23.1 Å². The van der Waals surface area contributed by atoms with Crippen molar-refractivity contribution in [2.24, 2.45) is 5.10 Å². The number of fused-ring (bicyclic) bond motifs is 1. The van der Waals surface area contributed by atoms with E-state index in [0.717, 1.165) is 34.4 Å². The van der Waals surface area contributed by atoms with Crippen LogP contribution in [0.15, 0.2) is 65.3 Å². The first-order valence-electron chi connectivity index (χ1n) is 10.9. The van der Waals surface area contributed by atoms with Crippen LogP contribution in [0.3, 0.4) is 0 Å². The van der Waals surface area contributed by atoms with Crippen LogP contribution >= 0.6 is 0 Å². The highest BCUT2D eigenvalue weighted by molar-refractivity contribution is 6.55. The largest absolute Gasteiger partial charge is 0.506 e. The zero-order chi connectivity index (χ0) is 25.5. The van der Waals surface area contributed by atoms with Gasteiger partial charge in [0.1, 0.15) is 5.75 Å². The molecule has 5 nitrogen and oxygen atoms in total. The summed E-state index contributed by atoms with van der Waals surface area (Å²) in [5.41, 5.74) is 6.43. The number of allylic oxidation sites excluding steroid dienone is 1. The smallest absolute Gasteiger partial charge is 0.416 e. The highest BCUT2D eigenvalue weighted by Crippen LogP contribution is 2.41. The minimum atomic E-state index is -4.57. The molecule has 0 atom stereocenters. The first-order chi connectivity index (χ1) is 16.4. The van der Waals surface area contributed by atoms with Gasteiger partial charge in [0.15, 0.2) is 5.71 Å². The predicted octanol–water partition coefficient (Wildman–Crippen LogP) is 6.95. The van der Waals surface area contributed by atoms with Crippen LogP contribution in [0.1, 0.15) is 41.7 Å². The predicted molar refractivity (Wildman–Crippen MR) is 132 cm³/mol. The Morgan fingerprint density at radius 1 is 1.00 bits per heavy atom. The molecule has 0 fully saturated rings. The number of nitrogens with zero attached hydrogens (tertiary/aromatic N) is 2. The number of benzene rings is 3. The highest BCUT2D eigenvalue weighted by Gasteiger charge is 2.39. The van der Waals surface area contributed by atoms with Crippen LogP contribution in [0.4, 0.5) is 30.2 Å². The number of alkyl halides is 3. The Morgan fingerprint density at radius 2 is 1.69 bits per heavy atom. The highest BCUT2D eigenvalue weighted by atomic mass is 19.4. The van der Waals surface area contributed by atoms with Crippen molar-refractivity contribution in [2.45, 2.75) is 33.9 Å². The maximum Gasteiger partial charge on any atom is 0.416 e. The fourth-order valence-electron chi connectivity index (χ4n) is 4.05. The molecular formula is C27H24F3N3O2. The van der Waals surface area contributed by atoms with E-state index in [-0.39, 0.29) is 28.4 Å². The van der Waals surface area contributed by atoms with Gasteiger partial charge in [-0.25, -0.2) is 0 Å². The van der Waals surface area contributed by atoms with E-state index in [2.05, 4.69) is 10.5 Å². The average molecular weight is 480 g/mol. The maximum absolute atomic E-state index is 13.5. The summed E-state index contributed by atoms with van der Waals surface area (Å²) in [5.74, 6) is -0.647. The normalized spacial score (nSPS) is 14.3. The van der Waals surface area contributed by atoms with Gasteiger partial charge in [-0.1, -0.05) is 23.8 Å². The number of nitrogens with one attached hydrogen (secondary N) is 1. The van der Waals surface area contributed by atoms with E-state index < -0.39 is 17.6 Å². The molecule has 8 heteroatoms.